The second kappa shape index (κ2) is 7.60. The van der Waals surface area contributed by atoms with Gasteiger partial charge in [0.25, 0.3) is 6.43 Å². The summed E-state index contributed by atoms with van der Waals surface area (Å²) < 4.78 is 57.6. The molecule has 1 saturated heterocycles. The Morgan fingerprint density at radius 1 is 1.19 bits per heavy atom. The number of anilines is 1. The van der Waals surface area contributed by atoms with E-state index in [-0.39, 0.29) is 29.7 Å². The summed E-state index contributed by atoms with van der Waals surface area (Å²) in [5.74, 6) is 1.01. The normalized spacial score (nSPS) is 29.2. The third-order valence-electron chi connectivity index (χ3n) is 7.43. The molecule has 4 atom stereocenters. The monoisotopic (exact) mass is 453 g/mol. The molecule has 0 radical (unpaired) electrons. The fourth-order valence-electron chi connectivity index (χ4n) is 5.90. The second-order valence-electron chi connectivity index (χ2n) is 9.55. The minimum Gasteiger partial charge on any atom is -0.431 e. The lowest BCUT2D eigenvalue weighted by Crippen LogP contribution is -2.60. The lowest BCUT2D eigenvalue weighted by atomic mass is 9.78. The average molecular weight is 453 g/mol. The van der Waals surface area contributed by atoms with Crippen LogP contribution in [0.2, 0.25) is 0 Å². The molecular formula is C22H27F4N5O. The standard InChI is InChI=1S/C22H27F4N5O/c1-11(2)31-16(6-15(29-31)12-5-17(32-21(25)26)20(27)28-9-12)19-13-7-22(8-14(13)19)3-4-30(22)10-18(23)24/h5-6,9,11,13-14,18-19,21H,3-4,7-8,10H2,1-2H3,(H2,27,28)/t13-,14+,19+,22+. The van der Waals surface area contributed by atoms with E-state index in [1.807, 2.05) is 29.5 Å². The van der Waals surface area contributed by atoms with Crippen LogP contribution in [0.4, 0.5) is 23.4 Å². The summed E-state index contributed by atoms with van der Waals surface area (Å²) in [6, 6.07) is 3.55. The largest absolute Gasteiger partial charge is 0.431 e. The number of rotatable bonds is 7. The molecule has 0 amide bonds. The molecule has 2 N–H and O–H groups in total. The van der Waals surface area contributed by atoms with Gasteiger partial charge in [-0.3, -0.25) is 9.58 Å². The number of nitrogen functional groups attached to an aromatic ring is 1. The second-order valence-corrected chi connectivity index (χ2v) is 9.55. The van der Waals surface area contributed by atoms with Gasteiger partial charge in [-0.15, -0.1) is 0 Å². The Balaban J connectivity index is 1.37. The summed E-state index contributed by atoms with van der Waals surface area (Å²) in [5.41, 5.74) is 7.90. The Labute approximate surface area is 183 Å². The summed E-state index contributed by atoms with van der Waals surface area (Å²) in [6.45, 7) is 1.72. The number of fused-ring (bicyclic) bond motifs is 1. The smallest absolute Gasteiger partial charge is 0.387 e. The first-order chi connectivity index (χ1) is 15.2. The maximum absolute atomic E-state index is 12.9. The van der Waals surface area contributed by atoms with Crippen molar-refractivity contribution in [3.8, 4) is 17.0 Å². The first kappa shape index (κ1) is 21.5. The van der Waals surface area contributed by atoms with Gasteiger partial charge in [0.2, 0.25) is 0 Å². The van der Waals surface area contributed by atoms with E-state index >= 15 is 0 Å². The van der Waals surface area contributed by atoms with E-state index in [2.05, 4.69) is 9.72 Å². The zero-order chi connectivity index (χ0) is 22.8. The molecule has 6 nitrogen and oxygen atoms in total. The van der Waals surface area contributed by atoms with Gasteiger partial charge in [0.1, 0.15) is 0 Å². The first-order valence-corrected chi connectivity index (χ1v) is 11.0. The fourth-order valence-corrected chi connectivity index (χ4v) is 5.90. The molecule has 2 aromatic heterocycles. The average Bonchev–Trinajstić information content (AvgIpc) is 3.08. The molecule has 3 heterocycles. The van der Waals surface area contributed by atoms with Crippen LogP contribution in [0.25, 0.3) is 11.3 Å². The van der Waals surface area contributed by atoms with Crippen LogP contribution in [0.5, 0.6) is 5.75 Å². The highest BCUT2D eigenvalue weighted by Gasteiger charge is 2.66. The predicted octanol–water partition coefficient (Wildman–Crippen LogP) is 4.54. The van der Waals surface area contributed by atoms with Crippen LogP contribution in [0.3, 0.4) is 0 Å². The van der Waals surface area contributed by atoms with Crippen LogP contribution in [0.15, 0.2) is 18.3 Å². The van der Waals surface area contributed by atoms with Crippen molar-refractivity contribution in [1.82, 2.24) is 19.7 Å². The maximum Gasteiger partial charge on any atom is 0.387 e. The number of likely N-dealkylation sites (tertiary alicyclic amines) is 1. The van der Waals surface area contributed by atoms with Crippen molar-refractivity contribution in [2.24, 2.45) is 11.8 Å². The van der Waals surface area contributed by atoms with E-state index in [0.29, 0.717) is 29.0 Å². The van der Waals surface area contributed by atoms with E-state index < -0.39 is 13.0 Å². The molecule has 0 aromatic carbocycles. The summed E-state index contributed by atoms with van der Waals surface area (Å²) in [6.07, 6.45) is 2.10. The van der Waals surface area contributed by atoms with Gasteiger partial charge in [0.15, 0.2) is 11.6 Å². The van der Waals surface area contributed by atoms with Gasteiger partial charge in [-0.2, -0.15) is 13.9 Å². The summed E-state index contributed by atoms with van der Waals surface area (Å²) in [5, 5.41) is 4.73. The van der Waals surface area contributed by atoms with Gasteiger partial charge < -0.3 is 10.5 Å². The Morgan fingerprint density at radius 3 is 2.47 bits per heavy atom. The van der Waals surface area contributed by atoms with Crippen molar-refractivity contribution >= 4 is 5.82 Å². The molecule has 5 rings (SSSR count). The van der Waals surface area contributed by atoms with Crippen molar-refractivity contribution in [2.45, 2.75) is 63.6 Å². The van der Waals surface area contributed by atoms with E-state index in [1.54, 1.807) is 0 Å². The molecule has 1 spiro atoms. The molecular weight excluding hydrogens is 426 g/mol. The highest BCUT2D eigenvalue weighted by atomic mass is 19.3. The minimum absolute atomic E-state index is 0.0455. The molecule has 2 saturated carbocycles. The van der Waals surface area contributed by atoms with Crippen LogP contribution in [-0.2, 0) is 0 Å². The van der Waals surface area contributed by atoms with Gasteiger partial charge in [-0.1, -0.05) is 0 Å². The first-order valence-electron chi connectivity index (χ1n) is 11.0. The Bertz CT molecular complexity index is 998. The highest BCUT2D eigenvalue weighted by Crippen LogP contribution is 2.69. The number of aromatic nitrogens is 3. The fraction of sp³-hybridized carbons (Fsp3) is 0.636. The van der Waals surface area contributed by atoms with Crippen LogP contribution < -0.4 is 10.5 Å². The SMILES string of the molecule is CC(C)n1nc(-c2cnc(N)c(OC(F)F)c2)cc1[C@H]1[C@@H]2C[C@@]3(CCN3CC(F)F)C[C@@H]21. The number of nitrogens with zero attached hydrogens (tertiary/aromatic N) is 4. The number of halogens is 4. The van der Waals surface area contributed by atoms with Gasteiger partial charge in [-0.05, 0) is 57.1 Å². The third-order valence-corrected chi connectivity index (χ3v) is 7.43. The number of ether oxygens (including phenoxy) is 1. The van der Waals surface area contributed by atoms with Crippen molar-refractivity contribution in [3.63, 3.8) is 0 Å². The number of alkyl halides is 4. The lowest BCUT2D eigenvalue weighted by Gasteiger charge is -2.52. The van der Waals surface area contributed by atoms with Crippen molar-refractivity contribution in [2.75, 3.05) is 18.8 Å². The molecule has 32 heavy (non-hydrogen) atoms. The van der Waals surface area contributed by atoms with Gasteiger partial charge >= 0.3 is 6.61 Å². The van der Waals surface area contributed by atoms with E-state index in [9.17, 15) is 17.6 Å². The van der Waals surface area contributed by atoms with E-state index in [4.69, 9.17) is 10.8 Å². The van der Waals surface area contributed by atoms with Crippen LogP contribution >= 0.6 is 0 Å². The predicted molar refractivity (Wildman–Crippen MR) is 111 cm³/mol. The molecule has 0 bridgehead atoms. The quantitative estimate of drug-likeness (QED) is 0.624. The summed E-state index contributed by atoms with van der Waals surface area (Å²) in [7, 11) is 0. The van der Waals surface area contributed by atoms with Gasteiger partial charge in [-0.25, -0.2) is 13.8 Å². The molecule has 2 aliphatic carbocycles. The Morgan fingerprint density at radius 2 is 1.91 bits per heavy atom. The Kier molecular flexibility index (Phi) is 5.11. The topological polar surface area (TPSA) is 69.2 Å². The van der Waals surface area contributed by atoms with Crippen molar-refractivity contribution in [1.29, 1.82) is 0 Å². The number of pyridine rings is 1. The zero-order valence-corrected chi connectivity index (χ0v) is 18.0. The zero-order valence-electron chi connectivity index (χ0n) is 18.0. The number of hydrogen-bond acceptors (Lipinski definition) is 5. The molecule has 10 heteroatoms. The van der Waals surface area contributed by atoms with Crippen molar-refractivity contribution in [3.05, 3.63) is 24.0 Å². The Hall–Kier alpha value is -2.36. The van der Waals surface area contributed by atoms with Gasteiger partial charge in [0, 0.05) is 41.5 Å². The lowest BCUT2D eigenvalue weighted by molar-refractivity contribution is -0.0565. The molecule has 2 aromatic rings. The highest BCUT2D eigenvalue weighted by molar-refractivity contribution is 5.64. The van der Waals surface area contributed by atoms with Gasteiger partial charge in [0.05, 0.1) is 12.2 Å². The molecule has 1 aliphatic heterocycles. The van der Waals surface area contributed by atoms with E-state index in [0.717, 1.165) is 31.5 Å². The maximum atomic E-state index is 12.9. The number of nitrogens with two attached hydrogens (primary N) is 1. The number of hydrogen-bond donors (Lipinski definition) is 1. The van der Waals surface area contributed by atoms with Crippen LogP contribution in [-0.4, -0.2) is 51.3 Å². The minimum atomic E-state index is -2.99. The molecule has 174 valence electrons. The third kappa shape index (κ3) is 3.52. The van der Waals surface area contributed by atoms with Crippen molar-refractivity contribution < 1.29 is 22.3 Å². The summed E-state index contributed by atoms with van der Waals surface area (Å²) in [4.78, 5) is 5.95. The van der Waals surface area contributed by atoms with E-state index in [1.165, 1.54) is 12.3 Å². The van der Waals surface area contributed by atoms with Crippen LogP contribution in [0, 0.1) is 11.8 Å². The molecule has 0 unspecified atom stereocenters. The summed E-state index contributed by atoms with van der Waals surface area (Å²) >= 11 is 0. The molecule has 3 fully saturated rings. The molecule has 3 aliphatic rings. The van der Waals surface area contributed by atoms with Crippen LogP contribution in [0.1, 0.15) is 50.8 Å².